The topological polar surface area (TPSA) is 118 Å². The number of carbonyl (C=O) groups excluding carboxylic acids is 3. The predicted octanol–water partition coefficient (Wildman–Crippen LogP) is 17.9. The van der Waals surface area contributed by atoms with Gasteiger partial charge in [0.1, 0.15) is 6.10 Å². The molecular weight excluding hydrogens is 877 g/mol. The van der Waals surface area contributed by atoms with Gasteiger partial charge in [-0.05, 0) is 19.3 Å². The molecule has 0 bridgehead atoms. The quantitative estimate of drug-likeness (QED) is 0.0361. The summed E-state index contributed by atoms with van der Waals surface area (Å²) in [7, 11) is 1.44. The number of methoxy groups -OCH3 is 1. The van der Waals surface area contributed by atoms with E-state index in [4.69, 9.17) is 23.7 Å². The van der Waals surface area contributed by atoms with Gasteiger partial charge in [0.25, 0.3) is 0 Å². The molecule has 0 spiro atoms. The van der Waals surface area contributed by atoms with Crippen LogP contribution in [0.3, 0.4) is 0 Å². The Bertz CT molecular complexity index is 1090. The van der Waals surface area contributed by atoms with Gasteiger partial charge in [-0.3, -0.25) is 14.4 Å². The van der Waals surface area contributed by atoms with Crippen molar-refractivity contribution < 1.29 is 43.2 Å². The van der Waals surface area contributed by atoms with E-state index < -0.39 is 55.2 Å². The average molecular weight is 994 g/mol. The molecule has 1 heterocycles. The largest absolute Gasteiger partial charge is 0.455 e. The Labute approximate surface area is 432 Å². The van der Waals surface area contributed by atoms with Gasteiger partial charge in [0, 0.05) is 26.4 Å². The van der Waals surface area contributed by atoms with Crippen LogP contribution in [-0.2, 0) is 38.1 Å². The molecule has 1 fully saturated rings. The van der Waals surface area contributed by atoms with Crippen molar-refractivity contribution in [3.8, 4) is 0 Å². The van der Waals surface area contributed by atoms with E-state index in [0.717, 1.165) is 51.4 Å². The molecule has 0 radical (unpaired) electrons. The van der Waals surface area contributed by atoms with Gasteiger partial charge in [-0.15, -0.1) is 0 Å². The van der Waals surface area contributed by atoms with Gasteiger partial charge in [-0.1, -0.05) is 290 Å². The number of rotatable bonds is 53. The van der Waals surface area contributed by atoms with E-state index in [0.29, 0.717) is 19.3 Å². The van der Waals surface area contributed by atoms with Crippen molar-refractivity contribution in [3.63, 3.8) is 0 Å². The summed E-state index contributed by atoms with van der Waals surface area (Å²) in [5.74, 6) is -1.32. The number of esters is 3. The van der Waals surface area contributed by atoms with Crippen molar-refractivity contribution in [1.29, 1.82) is 0 Å². The Balaban J connectivity index is 2.63. The third kappa shape index (κ3) is 38.8. The molecule has 0 aromatic carbocycles. The number of aliphatic hydroxyl groups excluding tert-OH is 1. The zero-order valence-corrected chi connectivity index (χ0v) is 46.7. The predicted molar refractivity (Wildman–Crippen MR) is 291 cm³/mol. The number of hydrogen-bond donors (Lipinski definition) is 1. The van der Waals surface area contributed by atoms with E-state index in [1.807, 2.05) is 0 Å². The van der Waals surface area contributed by atoms with Gasteiger partial charge >= 0.3 is 17.9 Å². The van der Waals surface area contributed by atoms with E-state index in [1.54, 1.807) is 0 Å². The van der Waals surface area contributed by atoms with Crippen LogP contribution in [0.25, 0.3) is 0 Å². The molecule has 1 aliphatic rings. The molecule has 1 N–H and O–H groups in total. The molecule has 0 saturated carbocycles. The molecule has 414 valence electrons. The van der Waals surface area contributed by atoms with Gasteiger partial charge < -0.3 is 28.8 Å². The minimum Gasteiger partial charge on any atom is -0.455 e. The first kappa shape index (κ1) is 66.3. The molecule has 9 nitrogen and oxygen atoms in total. The highest BCUT2D eigenvalue weighted by Crippen LogP contribution is 2.31. The van der Waals surface area contributed by atoms with Crippen LogP contribution in [0.15, 0.2) is 0 Å². The zero-order valence-electron chi connectivity index (χ0n) is 46.7. The standard InChI is InChI=1S/C61H116O9/c1-5-8-11-14-17-20-23-26-29-32-35-38-41-44-47-50-55(63)68-58-54(53-62)67-61(66-4)60(70-57(65)52-49-46-43-40-37-34-31-28-25-22-19-16-13-10-7-3)59(58)69-56(64)51-48-45-42-39-36-33-30-27-24-21-18-15-12-9-6-2/h54,58-62H,5-53H2,1-4H3/t54-,58-,59+,60-,61+/m1/s1. The van der Waals surface area contributed by atoms with Gasteiger partial charge in [-0.2, -0.15) is 0 Å². The first-order chi connectivity index (χ1) is 34.4. The highest BCUT2D eigenvalue weighted by molar-refractivity contribution is 5.71. The molecule has 1 saturated heterocycles. The highest BCUT2D eigenvalue weighted by atomic mass is 16.7. The second-order valence-electron chi connectivity index (χ2n) is 21.4. The number of carbonyl (C=O) groups is 3. The van der Waals surface area contributed by atoms with Crippen LogP contribution in [0.4, 0.5) is 0 Å². The summed E-state index contributed by atoms with van der Waals surface area (Å²) in [6.07, 6.45) is 50.7. The van der Waals surface area contributed by atoms with Gasteiger partial charge in [-0.25, -0.2) is 0 Å². The Morgan fingerprint density at radius 3 is 0.771 bits per heavy atom. The summed E-state index contributed by atoms with van der Waals surface area (Å²) in [5, 5.41) is 10.5. The molecule has 0 aromatic rings. The van der Waals surface area contributed by atoms with Gasteiger partial charge in [0.2, 0.25) is 0 Å². The molecule has 1 rings (SSSR count). The second-order valence-corrected chi connectivity index (χ2v) is 21.4. The fraction of sp³-hybridized carbons (Fsp3) is 0.951. The third-order valence-electron chi connectivity index (χ3n) is 14.8. The SMILES string of the molecule is CCCCCCCCCCCCCCCCCC(=O)O[C@@H]1[C@@H](OC(=O)CCCCCCCCCCCCCCCCC)[C@@H](OC)O[C@H](CO)[C@H]1OC(=O)CCCCCCCCCCCCCCCCC. The summed E-state index contributed by atoms with van der Waals surface area (Å²) in [5.41, 5.74) is 0. The first-order valence-corrected chi connectivity index (χ1v) is 30.8. The number of ether oxygens (including phenoxy) is 5. The van der Waals surface area contributed by atoms with E-state index >= 15 is 0 Å². The fourth-order valence-corrected chi connectivity index (χ4v) is 10.2. The Kier molecular flexibility index (Phi) is 48.1. The van der Waals surface area contributed by atoms with Crippen LogP contribution in [0, 0.1) is 0 Å². The van der Waals surface area contributed by atoms with Crippen LogP contribution in [0.2, 0.25) is 0 Å². The van der Waals surface area contributed by atoms with Crippen molar-refractivity contribution >= 4 is 17.9 Å². The molecule has 0 aliphatic carbocycles. The lowest BCUT2D eigenvalue weighted by Gasteiger charge is -2.43. The highest BCUT2D eigenvalue weighted by Gasteiger charge is 2.52. The first-order valence-electron chi connectivity index (χ1n) is 30.8. The zero-order chi connectivity index (χ0) is 50.8. The maximum atomic E-state index is 13.5. The van der Waals surface area contributed by atoms with E-state index in [-0.39, 0.29) is 19.3 Å². The van der Waals surface area contributed by atoms with Crippen molar-refractivity contribution in [1.82, 2.24) is 0 Å². The fourth-order valence-electron chi connectivity index (χ4n) is 10.2. The molecule has 5 atom stereocenters. The Morgan fingerprint density at radius 1 is 0.329 bits per heavy atom. The van der Waals surface area contributed by atoms with Crippen molar-refractivity contribution in [2.24, 2.45) is 0 Å². The van der Waals surface area contributed by atoms with Gasteiger partial charge in [0.15, 0.2) is 24.6 Å². The molecule has 70 heavy (non-hydrogen) atoms. The number of aliphatic hydroxyl groups is 1. The maximum Gasteiger partial charge on any atom is 0.306 e. The van der Waals surface area contributed by atoms with Crippen LogP contribution in [-0.4, -0.2) is 67.4 Å². The minimum absolute atomic E-state index is 0.205. The average Bonchev–Trinajstić information content (AvgIpc) is 3.36. The summed E-state index contributed by atoms with van der Waals surface area (Å²) >= 11 is 0. The monoisotopic (exact) mass is 993 g/mol. The van der Waals surface area contributed by atoms with Crippen molar-refractivity contribution in [3.05, 3.63) is 0 Å². The third-order valence-corrected chi connectivity index (χ3v) is 14.8. The Hall–Kier alpha value is -1.71. The second kappa shape index (κ2) is 50.8. The van der Waals surface area contributed by atoms with E-state index in [1.165, 1.54) is 225 Å². The lowest BCUT2D eigenvalue weighted by Crippen LogP contribution is -2.62. The van der Waals surface area contributed by atoms with Crippen LogP contribution in [0.5, 0.6) is 0 Å². The van der Waals surface area contributed by atoms with Crippen molar-refractivity contribution in [2.45, 2.75) is 360 Å². The van der Waals surface area contributed by atoms with E-state index in [9.17, 15) is 19.5 Å². The molecular formula is C61H116O9. The smallest absolute Gasteiger partial charge is 0.306 e. The number of hydrogen-bond acceptors (Lipinski definition) is 9. The van der Waals surface area contributed by atoms with Gasteiger partial charge in [0.05, 0.1) is 6.61 Å². The summed E-state index contributed by atoms with van der Waals surface area (Å²) in [6.45, 7) is 6.32. The lowest BCUT2D eigenvalue weighted by atomic mass is 9.97. The Morgan fingerprint density at radius 2 is 0.543 bits per heavy atom. The van der Waals surface area contributed by atoms with Crippen LogP contribution < -0.4 is 0 Å². The number of unbranched alkanes of at least 4 members (excludes halogenated alkanes) is 42. The summed E-state index contributed by atoms with van der Waals surface area (Å²) in [6, 6.07) is 0. The molecule has 1 aliphatic heterocycles. The van der Waals surface area contributed by atoms with Crippen LogP contribution in [0.1, 0.15) is 329 Å². The van der Waals surface area contributed by atoms with Crippen LogP contribution >= 0.6 is 0 Å². The maximum absolute atomic E-state index is 13.5. The summed E-state index contributed by atoms with van der Waals surface area (Å²) in [4.78, 5) is 40.3. The molecule has 9 heteroatoms. The molecule has 0 unspecified atom stereocenters. The lowest BCUT2D eigenvalue weighted by molar-refractivity contribution is -0.303. The normalized spacial score (nSPS) is 18.0. The molecule has 0 amide bonds. The molecule has 0 aromatic heterocycles. The summed E-state index contributed by atoms with van der Waals surface area (Å²) < 4.78 is 29.8. The van der Waals surface area contributed by atoms with Crippen molar-refractivity contribution in [2.75, 3.05) is 13.7 Å². The van der Waals surface area contributed by atoms with E-state index in [2.05, 4.69) is 20.8 Å². The minimum atomic E-state index is -1.17.